The first kappa shape index (κ1) is 17.9. The van der Waals surface area contributed by atoms with Crippen molar-refractivity contribution in [1.29, 1.82) is 0 Å². The van der Waals surface area contributed by atoms with Crippen LogP contribution in [0.1, 0.15) is 15.2 Å². The molecule has 0 fully saturated rings. The number of carbonyl (C=O) groups excluding carboxylic acids is 1. The first-order valence-corrected chi connectivity index (χ1v) is 9.35. The fourth-order valence-electron chi connectivity index (χ4n) is 2.30. The first-order valence-electron chi connectivity index (χ1n) is 7.36. The Bertz CT molecular complexity index is 925. The van der Waals surface area contributed by atoms with Crippen molar-refractivity contribution < 1.29 is 9.53 Å². The van der Waals surface area contributed by atoms with Gasteiger partial charge in [-0.15, -0.1) is 11.3 Å². The number of aryl methyl sites for hydroxylation is 1. The normalized spacial score (nSPS) is 10.6. The summed E-state index contributed by atoms with van der Waals surface area (Å²) in [7, 11) is 1.58. The van der Waals surface area contributed by atoms with Crippen LogP contribution in [-0.4, -0.2) is 18.0 Å². The maximum atomic E-state index is 12.4. The number of nitrogens with one attached hydrogen (secondary N) is 1. The summed E-state index contributed by atoms with van der Waals surface area (Å²) in [5.74, 6) is 0.450. The summed E-state index contributed by atoms with van der Waals surface area (Å²) in [5.41, 5.74) is 2.33. The number of halogens is 2. The Kier molecular flexibility index (Phi) is 5.42. The van der Waals surface area contributed by atoms with Crippen LogP contribution in [0.5, 0.6) is 5.75 Å². The Morgan fingerprint density at radius 1 is 1.24 bits per heavy atom. The molecule has 3 aromatic rings. The van der Waals surface area contributed by atoms with E-state index < -0.39 is 0 Å². The molecule has 3 rings (SSSR count). The molecule has 7 heteroatoms. The molecule has 1 amide bonds. The number of methoxy groups -OCH3 is 1. The van der Waals surface area contributed by atoms with E-state index in [4.69, 9.17) is 16.3 Å². The van der Waals surface area contributed by atoms with E-state index in [9.17, 15) is 4.79 Å². The molecule has 2 aromatic carbocycles. The lowest BCUT2D eigenvalue weighted by atomic mass is 10.1. The van der Waals surface area contributed by atoms with Crippen LogP contribution in [0.25, 0.3) is 11.3 Å². The molecule has 0 aliphatic rings. The van der Waals surface area contributed by atoms with Crippen molar-refractivity contribution in [2.24, 2.45) is 0 Å². The average Bonchev–Trinajstić information content (AvgIpc) is 2.95. The molecule has 0 atom stereocenters. The second-order valence-corrected chi connectivity index (χ2v) is 7.73. The van der Waals surface area contributed by atoms with Gasteiger partial charge in [-0.05, 0) is 53.2 Å². The number of thiazole rings is 1. The van der Waals surface area contributed by atoms with E-state index >= 15 is 0 Å². The van der Waals surface area contributed by atoms with Crippen LogP contribution in [0.15, 0.2) is 46.9 Å². The summed E-state index contributed by atoms with van der Waals surface area (Å²) in [4.78, 5) is 18.0. The molecule has 0 bridgehead atoms. The van der Waals surface area contributed by atoms with Crippen LogP contribution >= 0.6 is 38.9 Å². The molecule has 25 heavy (non-hydrogen) atoms. The number of hydrogen-bond donors (Lipinski definition) is 1. The van der Waals surface area contributed by atoms with Crippen molar-refractivity contribution in [2.45, 2.75) is 6.92 Å². The summed E-state index contributed by atoms with van der Waals surface area (Å²) in [6, 6.07) is 12.6. The number of benzene rings is 2. The Balaban J connectivity index is 1.81. The van der Waals surface area contributed by atoms with Crippen LogP contribution < -0.4 is 10.1 Å². The highest BCUT2D eigenvalue weighted by Crippen LogP contribution is 2.31. The third-order valence-electron chi connectivity index (χ3n) is 3.55. The molecule has 4 nitrogen and oxygen atoms in total. The van der Waals surface area contributed by atoms with E-state index in [1.54, 1.807) is 25.3 Å². The number of amides is 1. The predicted molar refractivity (Wildman–Crippen MR) is 106 cm³/mol. The van der Waals surface area contributed by atoms with Crippen LogP contribution in [0, 0.1) is 6.92 Å². The molecule has 0 spiro atoms. The predicted octanol–water partition coefficient (Wildman–Crippen LogP) is 5.80. The maximum Gasteiger partial charge on any atom is 0.257 e. The van der Waals surface area contributed by atoms with Gasteiger partial charge in [0.1, 0.15) is 5.75 Å². The minimum atomic E-state index is -0.222. The zero-order valence-corrected chi connectivity index (χ0v) is 16.6. The molecule has 0 unspecified atom stereocenters. The molecule has 0 radical (unpaired) electrons. The lowest BCUT2D eigenvalue weighted by Gasteiger charge is -2.06. The van der Waals surface area contributed by atoms with Crippen molar-refractivity contribution in [3.05, 3.63) is 62.4 Å². The second kappa shape index (κ2) is 7.56. The van der Waals surface area contributed by atoms with Crippen LogP contribution in [0.4, 0.5) is 5.13 Å². The van der Waals surface area contributed by atoms with E-state index in [1.807, 2.05) is 31.2 Å². The summed E-state index contributed by atoms with van der Waals surface area (Å²) in [6.45, 7) is 1.97. The lowest BCUT2D eigenvalue weighted by molar-refractivity contribution is 0.102. The van der Waals surface area contributed by atoms with Crippen LogP contribution in [0.2, 0.25) is 5.02 Å². The van der Waals surface area contributed by atoms with E-state index in [1.165, 1.54) is 11.3 Å². The SMILES string of the molecule is COc1ccc(C(=O)Nc2nc(-c3ccc(Cl)cc3)c(C)s2)cc1Br. The molecular formula is C18H14BrClN2O2S. The first-order chi connectivity index (χ1) is 12.0. The number of nitrogens with zero attached hydrogens (tertiary/aromatic N) is 1. The molecular weight excluding hydrogens is 424 g/mol. The van der Waals surface area contributed by atoms with Gasteiger partial charge >= 0.3 is 0 Å². The maximum absolute atomic E-state index is 12.4. The zero-order valence-electron chi connectivity index (χ0n) is 13.5. The van der Waals surface area contributed by atoms with Gasteiger partial charge in [-0.25, -0.2) is 4.98 Å². The minimum absolute atomic E-state index is 0.222. The van der Waals surface area contributed by atoms with Gasteiger partial charge in [-0.1, -0.05) is 23.7 Å². The number of carbonyl (C=O) groups is 1. The lowest BCUT2D eigenvalue weighted by Crippen LogP contribution is -2.11. The van der Waals surface area contributed by atoms with Crippen molar-refractivity contribution in [1.82, 2.24) is 4.98 Å². The van der Waals surface area contributed by atoms with Gasteiger partial charge in [0.05, 0.1) is 17.3 Å². The molecule has 1 N–H and O–H groups in total. The van der Waals surface area contributed by atoms with Crippen molar-refractivity contribution >= 4 is 49.9 Å². The van der Waals surface area contributed by atoms with Crippen molar-refractivity contribution in [3.63, 3.8) is 0 Å². The van der Waals surface area contributed by atoms with Gasteiger partial charge in [0.25, 0.3) is 5.91 Å². The summed E-state index contributed by atoms with van der Waals surface area (Å²) < 4.78 is 5.90. The van der Waals surface area contributed by atoms with E-state index in [-0.39, 0.29) is 5.91 Å². The molecule has 1 heterocycles. The zero-order chi connectivity index (χ0) is 18.0. The third-order valence-corrected chi connectivity index (χ3v) is 5.31. The number of hydrogen-bond acceptors (Lipinski definition) is 4. The number of anilines is 1. The molecule has 0 saturated carbocycles. The van der Waals surface area contributed by atoms with Crippen LogP contribution in [-0.2, 0) is 0 Å². The standard InChI is InChI=1S/C18H14BrClN2O2S/c1-10-16(11-3-6-13(20)7-4-11)21-18(25-10)22-17(23)12-5-8-15(24-2)14(19)9-12/h3-9H,1-2H3,(H,21,22,23). The molecule has 0 aliphatic heterocycles. The molecule has 1 aromatic heterocycles. The fraction of sp³-hybridized carbons (Fsp3) is 0.111. The summed E-state index contributed by atoms with van der Waals surface area (Å²) in [6.07, 6.45) is 0. The van der Waals surface area contributed by atoms with Gasteiger partial charge in [0.15, 0.2) is 5.13 Å². The Labute approximate surface area is 162 Å². The molecule has 128 valence electrons. The highest BCUT2D eigenvalue weighted by Gasteiger charge is 2.14. The Morgan fingerprint density at radius 2 is 1.96 bits per heavy atom. The fourth-order valence-corrected chi connectivity index (χ4v) is 3.80. The van der Waals surface area contributed by atoms with Gasteiger partial charge < -0.3 is 4.74 Å². The number of aromatic nitrogens is 1. The van der Waals surface area contributed by atoms with E-state index in [2.05, 4.69) is 26.2 Å². The smallest absolute Gasteiger partial charge is 0.257 e. The van der Waals surface area contributed by atoms with Crippen molar-refractivity contribution in [2.75, 3.05) is 12.4 Å². The van der Waals surface area contributed by atoms with Crippen molar-refractivity contribution in [3.8, 4) is 17.0 Å². The topological polar surface area (TPSA) is 51.2 Å². The highest BCUT2D eigenvalue weighted by atomic mass is 79.9. The minimum Gasteiger partial charge on any atom is -0.496 e. The largest absolute Gasteiger partial charge is 0.496 e. The monoisotopic (exact) mass is 436 g/mol. The van der Waals surface area contributed by atoms with Gasteiger partial charge in [0.2, 0.25) is 0 Å². The summed E-state index contributed by atoms with van der Waals surface area (Å²) >= 11 is 10.7. The number of ether oxygens (including phenoxy) is 1. The second-order valence-electron chi connectivity index (χ2n) is 5.23. The molecule has 0 aliphatic carbocycles. The number of rotatable bonds is 4. The molecule has 0 saturated heterocycles. The van der Waals surface area contributed by atoms with Crippen LogP contribution in [0.3, 0.4) is 0 Å². The highest BCUT2D eigenvalue weighted by molar-refractivity contribution is 9.10. The Morgan fingerprint density at radius 3 is 2.60 bits per heavy atom. The summed E-state index contributed by atoms with van der Waals surface area (Å²) in [5, 5.41) is 4.08. The van der Waals surface area contributed by atoms with E-state index in [0.29, 0.717) is 21.5 Å². The Hall–Kier alpha value is -1.89. The van der Waals surface area contributed by atoms with Gasteiger partial charge in [-0.2, -0.15) is 0 Å². The van der Waals surface area contributed by atoms with Gasteiger partial charge in [-0.3, -0.25) is 10.1 Å². The quantitative estimate of drug-likeness (QED) is 0.561. The average molecular weight is 438 g/mol. The van der Waals surface area contributed by atoms with E-state index in [0.717, 1.165) is 20.6 Å². The van der Waals surface area contributed by atoms with Gasteiger partial charge in [0, 0.05) is 21.0 Å². The third kappa shape index (κ3) is 4.03.